The van der Waals surface area contributed by atoms with Crippen molar-refractivity contribution in [2.24, 2.45) is 0 Å². The number of anilines is 1. The zero-order valence-electron chi connectivity index (χ0n) is 15.2. The molecular formula is C20H23NO5. The first-order valence-corrected chi connectivity index (χ1v) is 8.24. The number of hydrogen-bond acceptors (Lipinski definition) is 5. The molecule has 0 saturated heterocycles. The summed E-state index contributed by atoms with van der Waals surface area (Å²) in [7, 11) is 3.14. The van der Waals surface area contributed by atoms with Crippen molar-refractivity contribution in [3.05, 3.63) is 53.6 Å². The second-order valence-corrected chi connectivity index (χ2v) is 5.80. The van der Waals surface area contributed by atoms with Crippen LogP contribution in [0, 0.1) is 6.92 Å². The molecule has 0 radical (unpaired) electrons. The second-order valence-electron chi connectivity index (χ2n) is 5.80. The lowest BCUT2D eigenvalue weighted by Crippen LogP contribution is -2.21. The Hall–Kier alpha value is -3.02. The van der Waals surface area contributed by atoms with E-state index in [-0.39, 0.29) is 18.9 Å². The Morgan fingerprint density at radius 1 is 1.00 bits per heavy atom. The average Bonchev–Trinajstić information content (AvgIpc) is 2.64. The van der Waals surface area contributed by atoms with E-state index in [1.54, 1.807) is 26.4 Å². The van der Waals surface area contributed by atoms with Gasteiger partial charge in [0, 0.05) is 18.2 Å². The molecule has 0 fully saturated rings. The van der Waals surface area contributed by atoms with Gasteiger partial charge in [0.1, 0.15) is 11.5 Å². The zero-order valence-corrected chi connectivity index (χ0v) is 15.2. The molecule has 0 aliphatic carbocycles. The van der Waals surface area contributed by atoms with Crippen LogP contribution in [0.15, 0.2) is 42.5 Å². The van der Waals surface area contributed by atoms with Crippen molar-refractivity contribution in [1.82, 2.24) is 0 Å². The summed E-state index contributed by atoms with van der Waals surface area (Å²) in [5, 5.41) is 2.69. The number of amides is 1. The summed E-state index contributed by atoms with van der Waals surface area (Å²) in [6, 6.07) is 12.8. The number of methoxy groups -OCH3 is 2. The van der Waals surface area contributed by atoms with E-state index in [9.17, 15) is 9.59 Å². The Labute approximate surface area is 153 Å². The predicted octanol–water partition coefficient (Wildman–Crippen LogP) is 3.13. The second kappa shape index (κ2) is 9.46. The highest BCUT2D eigenvalue weighted by Gasteiger charge is 2.10. The van der Waals surface area contributed by atoms with E-state index in [1.807, 2.05) is 37.3 Å². The number of nitrogens with one attached hydrogen (secondary N) is 1. The van der Waals surface area contributed by atoms with Crippen LogP contribution in [0.2, 0.25) is 0 Å². The van der Waals surface area contributed by atoms with Gasteiger partial charge in [-0.15, -0.1) is 0 Å². The molecule has 0 aliphatic heterocycles. The molecule has 2 aromatic rings. The summed E-state index contributed by atoms with van der Waals surface area (Å²) >= 11 is 0. The molecule has 6 heteroatoms. The quantitative estimate of drug-likeness (QED) is 0.735. The molecule has 0 heterocycles. The van der Waals surface area contributed by atoms with Gasteiger partial charge in [0.2, 0.25) is 0 Å². The molecule has 0 aromatic heterocycles. The topological polar surface area (TPSA) is 73.9 Å². The minimum absolute atomic E-state index is 0.161. The first-order chi connectivity index (χ1) is 12.5. The summed E-state index contributed by atoms with van der Waals surface area (Å²) < 4.78 is 15.4. The lowest BCUT2D eigenvalue weighted by molar-refractivity contribution is -0.147. The molecule has 138 valence electrons. The Kier molecular flexibility index (Phi) is 7.02. The van der Waals surface area contributed by atoms with Gasteiger partial charge in [-0.1, -0.05) is 12.1 Å². The molecule has 0 bridgehead atoms. The van der Waals surface area contributed by atoms with Crippen LogP contribution in [-0.4, -0.2) is 32.7 Å². The van der Waals surface area contributed by atoms with E-state index in [0.29, 0.717) is 23.6 Å². The van der Waals surface area contributed by atoms with Crippen LogP contribution in [0.3, 0.4) is 0 Å². The van der Waals surface area contributed by atoms with Gasteiger partial charge in [-0.25, -0.2) is 0 Å². The molecular weight excluding hydrogens is 334 g/mol. The number of rotatable bonds is 8. The number of benzene rings is 2. The van der Waals surface area contributed by atoms with Gasteiger partial charge in [0.15, 0.2) is 6.61 Å². The lowest BCUT2D eigenvalue weighted by atomic mass is 10.1. The van der Waals surface area contributed by atoms with Crippen molar-refractivity contribution >= 4 is 17.6 Å². The third-order valence-corrected chi connectivity index (χ3v) is 3.70. The summed E-state index contributed by atoms with van der Waals surface area (Å²) in [4.78, 5) is 23.7. The summed E-state index contributed by atoms with van der Waals surface area (Å²) in [6.45, 7) is 1.62. The maximum Gasteiger partial charge on any atom is 0.306 e. The first-order valence-electron chi connectivity index (χ1n) is 8.24. The van der Waals surface area contributed by atoms with E-state index < -0.39 is 5.97 Å². The summed E-state index contributed by atoms with van der Waals surface area (Å²) in [5.74, 6) is 0.508. The minimum Gasteiger partial charge on any atom is -0.497 e. The number of carbonyl (C=O) groups is 2. The van der Waals surface area contributed by atoms with Crippen LogP contribution in [0.4, 0.5) is 5.69 Å². The van der Waals surface area contributed by atoms with Crippen LogP contribution >= 0.6 is 0 Å². The molecule has 26 heavy (non-hydrogen) atoms. The number of hydrogen-bond donors (Lipinski definition) is 1. The highest BCUT2D eigenvalue weighted by molar-refractivity contribution is 5.92. The van der Waals surface area contributed by atoms with Crippen LogP contribution in [0.1, 0.15) is 17.5 Å². The van der Waals surface area contributed by atoms with Gasteiger partial charge >= 0.3 is 5.97 Å². The molecule has 1 N–H and O–H groups in total. The molecule has 2 rings (SSSR count). The normalized spacial score (nSPS) is 10.1. The minimum atomic E-state index is -0.439. The summed E-state index contributed by atoms with van der Waals surface area (Å²) in [5.41, 5.74) is 2.60. The third-order valence-electron chi connectivity index (χ3n) is 3.70. The number of esters is 1. The SMILES string of the molecule is COc1cc(CCC(=O)OCC(=O)Nc2cccc(C)c2)cc(OC)c1. The van der Waals surface area contributed by atoms with Crippen molar-refractivity contribution in [2.45, 2.75) is 19.8 Å². The van der Waals surface area contributed by atoms with E-state index in [4.69, 9.17) is 14.2 Å². The van der Waals surface area contributed by atoms with Gasteiger partial charge in [-0.2, -0.15) is 0 Å². The first kappa shape index (κ1) is 19.3. The van der Waals surface area contributed by atoms with E-state index >= 15 is 0 Å². The molecule has 0 unspecified atom stereocenters. The van der Waals surface area contributed by atoms with Crippen molar-refractivity contribution in [3.8, 4) is 11.5 Å². The van der Waals surface area contributed by atoms with Gasteiger partial charge < -0.3 is 19.5 Å². The molecule has 6 nitrogen and oxygen atoms in total. The molecule has 2 aromatic carbocycles. The highest BCUT2D eigenvalue weighted by Crippen LogP contribution is 2.23. The Balaban J connectivity index is 1.79. The monoisotopic (exact) mass is 357 g/mol. The van der Waals surface area contributed by atoms with Crippen LogP contribution in [0.5, 0.6) is 11.5 Å². The smallest absolute Gasteiger partial charge is 0.306 e. The van der Waals surface area contributed by atoms with Crippen molar-refractivity contribution in [1.29, 1.82) is 0 Å². The standard InChI is InChI=1S/C20H23NO5/c1-14-5-4-6-16(9-14)21-19(22)13-26-20(23)8-7-15-10-17(24-2)12-18(11-15)25-3/h4-6,9-12H,7-8,13H2,1-3H3,(H,21,22). The summed E-state index contributed by atoms with van der Waals surface area (Å²) in [6.07, 6.45) is 0.625. The number of carbonyl (C=O) groups excluding carboxylic acids is 2. The lowest BCUT2D eigenvalue weighted by Gasteiger charge is -2.09. The number of ether oxygens (including phenoxy) is 3. The largest absolute Gasteiger partial charge is 0.497 e. The van der Waals surface area contributed by atoms with Crippen molar-refractivity contribution in [3.63, 3.8) is 0 Å². The van der Waals surface area contributed by atoms with Crippen molar-refractivity contribution in [2.75, 3.05) is 26.1 Å². The fourth-order valence-corrected chi connectivity index (χ4v) is 2.40. The third kappa shape index (κ3) is 6.12. The Morgan fingerprint density at radius 3 is 2.31 bits per heavy atom. The van der Waals surface area contributed by atoms with Gasteiger partial charge in [0.25, 0.3) is 5.91 Å². The van der Waals surface area contributed by atoms with Crippen LogP contribution in [0.25, 0.3) is 0 Å². The Morgan fingerprint density at radius 2 is 1.69 bits per heavy atom. The maximum atomic E-state index is 11.9. The van der Waals surface area contributed by atoms with Crippen LogP contribution < -0.4 is 14.8 Å². The Bertz CT molecular complexity index is 750. The van der Waals surface area contributed by atoms with Crippen LogP contribution in [-0.2, 0) is 20.7 Å². The van der Waals surface area contributed by atoms with Gasteiger partial charge in [0.05, 0.1) is 14.2 Å². The average molecular weight is 357 g/mol. The predicted molar refractivity (Wildman–Crippen MR) is 98.6 cm³/mol. The molecule has 0 aliphatic rings. The zero-order chi connectivity index (χ0) is 18.9. The van der Waals surface area contributed by atoms with E-state index in [1.165, 1.54) is 0 Å². The molecule has 1 amide bonds. The highest BCUT2D eigenvalue weighted by atomic mass is 16.5. The fourth-order valence-electron chi connectivity index (χ4n) is 2.40. The van der Waals surface area contributed by atoms with E-state index in [2.05, 4.69) is 5.32 Å². The van der Waals surface area contributed by atoms with E-state index in [0.717, 1.165) is 11.1 Å². The fraction of sp³-hybridized carbons (Fsp3) is 0.300. The van der Waals surface area contributed by atoms with Gasteiger partial charge in [-0.05, 0) is 48.7 Å². The molecule has 0 saturated carbocycles. The molecule has 0 spiro atoms. The maximum absolute atomic E-state index is 11.9. The molecule has 0 atom stereocenters. The van der Waals surface area contributed by atoms with Crippen molar-refractivity contribution < 1.29 is 23.8 Å². The van der Waals surface area contributed by atoms with Gasteiger partial charge in [-0.3, -0.25) is 9.59 Å². The number of aryl methyl sites for hydroxylation is 2.